The minimum atomic E-state index is 0.643. The molecule has 0 amide bonds. The van der Waals surface area contributed by atoms with Crippen molar-refractivity contribution in [2.75, 3.05) is 36.0 Å². The van der Waals surface area contributed by atoms with Gasteiger partial charge in [0.1, 0.15) is 23.5 Å². The van der Waals surface area contributed by atoms with E-state index in [1.165, 1.54) is 5.56 Å². The van der Waals surface area contributed by atoms with Gasteiger partial charge in [0.15, 0.2) is 5.65 Å². The lowest BCUT2D eigenvalue weighted by Gasteiger charge is -2.24. The van der Waals surface area contributed by atoms with Crippen LogP contribution < -0.4 is 9.80 Å². The summed E-state index contributed by atoms with van der Waals surface area (Å²) in [4.78, 5) is 27.0. The quantitative estimate of drug-likeness (QED) is 0.702. The molecule has 2 atom stereocenters. The SMILES string of the molecule is Cc1ncnc(N2CC3CN(c4ccc5nccnc5n4)CC3C2)c1C. The van der Waals surface area contributed by atoms with E-state index in [2.05, 4.69) is 42.7 Å². The summed E-state index contributed by atoms with van der Waals surface area (Å²) in [6.45, 7) is 8.32. The smallest absolute Gasteiger partial charge is 0.180 e. The third kappa shape index (κ3) is 2.46. The summed E-state index contributed by atoms with van der Waals surface area (Å²) in [7, 11) is 0. The molecule has 2 aliphatic rings. The molecule has 2 aliphatic heterocycles. The van der Waals surface area contributed by atoms with Crippen LogP contribution in [0.1, 0.15) is 11.3 Å². The first-order valence-electron chi connectivity index (χ1n) is 9.05. The molecule has 26 heavy (non-hydrogen) atoms. The summed E-state index contributed by atoms with van der Waals surface area (Å²) in [5.41, 5.74) is 3.82. The first-order valence-corrected chi connectivity index (χ1v) is 9.05. The van der Waals surface area contributed by atoms with Crippen LogP contribution in [0.25, 0.3) is 11.2 Å². The lowest BCUT2D eigenvalue weighted by molar-refractivity contribution is 0.533. The van der Waals surface area contributed by atoms with E-state index in [4.69, 9.17) is 4.98 Å². The van der Waals surface area contributed by atoms with Crippen LogP contribution in [0.3, 0.4) is 0 Å². The zero-order chi connectivity index (χ0) is 17.7. The average Bonchev–Trinajstić information content (AvgIpc) is 3.23. The molecule has 2 saturated heterocycles. The van der Waals surface area contributed by atoms with Gasteiger partial charge in [0.2, 0.25) is 0 Å². The van der Waals surface area contributed by atoms with Crippen molar-refractivity contribution in [3.05, 3.63) is 42.1 Å². The number of anilines is 2. The molecular weight excluding hydrogens is 326 g/mol. The predicted octanol–water partition coefficient (Wildman–Crippen LogP) is 2.00. The highest BCUT2D eigenvalue weighted by Crippen LogP contribution is 2.36. The maximum absolute atomic E-state index is 4.71. The van der Waals surface area contributed by atoms with Crippen molar-refractivity contribution < 1.29 is 0 Å². The topological polar surface area (TPSA) is 70.9 Å². The number of hydrogen-bond acceptors (Lipinski definition) is 7. The first-order chi connectivity index (χ1) is 12.7. The number of rotatable bonds is 2. The van der Waals surface area contributed by atoms with Crippen LogP contribution in [-0.4, -0.2) is 51.1 Å². The van der Waals surface area contributed by atoms with Crippen LogP contribution in [0, 0.1) is 25.7 Å². The van der Waals surface area contributed by atoms with Crippen LogP contribution >= 0.6 is 0 Å². The highest BCUT2D eigenvalue weighted by Gasteiger charge is 2.41. The Morgan fingerprint density at radius 3 is 2.38 bits per heavy atom. The van der Waals surface area contributed by atoms with Gasteiger partial charge in [0.05, 0.1) is 0 Å². The molecule has 0 aromatic carbocycles. The number of aromatic nitrogens is 5. The summed E-state index contributed by atoms with van der Waals surface area (Å²) < 4.78 is 0. The Bertz CT molecular complexity index is 959. The summed E-state index contributed by atoms with van der Waals surface area (Å²) >= 11 is 0. The third-order valence-corrected chi connectivity index (χ3v) is 5.74. The van der Waals surface area contributed by atoms with Crippen molar-refractivity contribution in [2.24, 2.45) is 11.8 Å². The number of nitrogens with zero attached hydrogens (tertiary/aromatic N) is 7. The van der Waals surface area contributed by atoms with Crippen molar-refractivity contribution in [3.63, 3.8) is 0 Å². The van der Waals surface area contributed by atoms with Crippen LogP contribution in [0.5, 0.6) is 0 Å². The molecule has 7 heteroatoms. The Kier molecular flexibility index (Phi) is 3.48. The van der Waals surface area contributed by atoms with Gasteiger partial charge in [-0.2, -0.15) is 0 Å². The molecule has 0 N–H and O–H groups in total. The second-order valence-corrected chi connectivity index (χ2v) is 7.31. The monoisotopic (exact) mass is 347 g/mol. The van der Waals surface area contributed by atoms with Crippen LogP contribution in [-0.2, 0) is 0 Å². The fraction of sp³-hybridized carbons (Fsp3) is 0.421. The molecule has 2 fully saturated rings. The Balaban J connectivity index is 1.34. The van der Waals surface area contributed by atoms with Gasteiger partial charge in [-0.3, -0.25) is 4.98 Å². The summed E-state index contributed by atoms with van der Waals surface area (Å²) in [5.74, 6) is 3.39. The molecule has 132 valence electrons. The molecule has 3 aromatic heterocycles. The molecule has 0 bridgehead atoms. The van der Waals surface area contributed by atoms with Gasteiger partial charge < -0.3 is 9.80 Å². The zero-order valence-electron chi connectivity index (χ0n) is 15.0. The second kappa shape index (κ2) is 5.86. The van der Waals surface area contributed by atoms with Crippen LogP contribution in [0.4, 0.5) is 11.6 Å². The highest BCUT2D eigenvalue weighted by atomic mass is 15.3. The van der Waals surface area contributed by atoms with Gasteiger partial charge in [-0.15, -0.1) is 0 Å². The molecule has 5 rings (SSSR count). The standard InChI is InChI=1S/C19H21N7/c1-12-13(2)22-11-23-19(12)26-9-14-7-25(8-15(14)10-26)17-4-3-16-18(24-17)21-6-5-20-16/h3-6,11,14-15H,7-10H2,1-2H3. The van der Waals surface area contributed by atoms with Crippen molar-refractivity contribution in [2.45, 2.75) is 13.8 Å². The molecule has 0 saturated carbocycles. The van der Waals surface area contributed by atoms with E-state index in [0.29, 0.717) is 11.8 Å². The molecule has 5 heterocycles. The van der Waals surface area contributed by atoms with E-state index in [1.807, 2.05) is 13.0 Å². The van der Waals surface area contributed by atoms with Gasteiger partial charge in [-0.25, -0.2) is 19.9 Å². The Morgan fingerprint density at radius 1 is 0.846 bits per heavy atom. The normalized spacial score (nSPS) is 22.2. The van der Waals surface area contributed by atoms with E-state index in [9.17, 15) is 0 Å². The van der Waals surface area contributed by atoms with E-state index in [1.54, 1.807) is 18.7 Å². The Labute approximate surface area is 152 Å². The summed E-state index contributed by atoms with van der Waals surface area (Å²) in [6.07, 6.45) is 5.08. The van der Waals surface area contributed by atoms with Gasteiger partial charge in [-0.1, -0.05) is 0 Å². The van der Waals surface area contributed by atoms with Gasteiger partial charge in [0, 0.05) is 61.7 Å². The Morgan fingerprint density at radius 2 is 1.58 bits per heavy atom. The maximum atomic E-state index is 4.71. The van der Waals surface area contributed by atoms with Gasteiger partial charge >= 0.3 is 0 Å². The van der Waals surface area contributed by atoms with Crippen molar-refractivity contribution >= 4 is 22.8 Å². The van der Waals surface area contributed by atoms with E-state index < -0.39 is 0 Å². The maximum Gasteiger partial charge on any atom is 0.180 e. The van der Waals surface area contributed by atoms with E-state index in [0.717, 1.165) is 54.7 Å². The molecule has 3 aromatic rings. The van der Waals surface area contributed by atoms with E-state index >= 15 is 0 Å². The fourth-order valence-electron chi connectivity index (χ4n) is 4.22. The number of aryl methyl sites for hydroxylation is 1. The third-order valence-electron chi connectivity index (χ3n) is 5.74. The molecule has 0 spiro atoms. The molecular formula is C19H21N7. The zero-order valence-corrected chi connectivity index (χ0v) is 15.0. The first kappa shape index (κ1) is 15.4. The highest BCUT2D eigenvalue weighted by molar-refractivity contribution is 5.71. The summed E-state index contributed by atoms with van der Waals surface area (Å²) in [6, 6.07) is 4.08. The minimum Gasteiger partial charge on any atom is -0.356 e. The second-order valence-electron chi connectivity index (χ2n) is 7.31. The molecule has 2 unspecified atom stereocenters. The fourth-order valence-corrected chi connectivity index (χ4v) is 4.22. The van der Waals surface area contributed by atoms with Crippen LogP contribution in [0.2, 0.25) is 0 Å². The molecule has 0 radical (unpaired) electrons. The molecule has 7 nitrogen and oxygen atoms in total. The minimum absolute atomic E-state index is 0.643. The van der Waals surface area contributed by atoms with Crippen LogP contribution in [0.15, 0.2) is 30.9 Å². The lowest BCUT2D eigenvalue weighted by Crippen LogP contribution is -2.30. The molecule has 0 aliphatic carbocycles. The van der Waals surface area contributed by atoms with Crippen molar-refractivity contribution in [1.82, 2.24) is 24.9 Å². The lowest BCUT2D eigenvalue weighted by atomic mass is 10.0. The largest absolute Gasteiger partial charge is 0.356 e. The van der Waals surface area contributed by atoms with Gasteiger partial charge in [0.25, 0.3) is 0 Å². The Hall–Kier alpha value is -2.83. The number of fused-ring (bicyclic) bond motifs is 2. The van der Waals surface area contributed by atoms with Crippen molar-refractivity contribution in [1.29, 1.82) is 0 Å². The van der Waals surface area contributed by atoms with E-state index in [-0.39, 0.29) is 0 Å². The van der Waals surface area contributed by atoms with Gasteiger partial charge in [-0.05, 0) is 26.0 Å². The average molecular weight is 347 g/mol. The summed E-state index contributed by atoms with van der Waals surface area (Å²) in [5, 5.41) is 0. The van der Waals surface area contributed by atoms with Crippen molar-refractivity contribution in [3.8, 4) is 0 Å². The number of pyridine rings is 1. The predicted molar refractivity (Wildman–Crippen MR) is 100 cm³/mol. The number of hydrogen-bond donors (Lipinski definition) is 0.